The summed E-state index contributed by atoms with van der Waals surface area (Å²) in [6.07, 6.45) is 0.0375. The highest BCUT2D eigenvalue weighted by atomic mass is 32.2. The third kappa shape index (κ3) is 2.96. The van der Waals surface area contributed by atoms with E-state index in [-0.39, 0.29) is 23.1 Å². The Labute approximate surface area is 180 Å². The van der Waals surface area contributed by atoms with Gasteiger partial charge in [-0.05, 0) is 23.8 Å². The Hall–Kier alpha value is -3.45. The average molecular weight is 433 g/mol. The van der Waals surface area contributed by atoms with Crippen molar-refractivity contribution in [1.29, 1.82) is 0 Å². The molecule has 2 aliphatic heterocycles. The van der Waals surface area contributed by atoms with Gasteiger partial charge in [-0.3, -0.25) is 4.79 Å². The Morgan fingerprint density at radius 2 is 1.58 bits per heavy atom. The van der Waals surface area contributed by atoms with Gasteiger partial charge in [0.15, 0.2) is 9.84 Å². The summed E-state index contributed by atoms with van der Waals surface area (Å²) in [6.45, 7) is 1.41. The predicted octanol–water partition coefficient (Wildman–Crippen LogP) is 4.00. The first-order valence-corrected chi connectivity index (χ1v) is 11.5. The summed E-state index contributed by atoms with van der Waals surface area (Å²) < 4.78 is 33.6. The summed E-state index contributed by atoms with van der Waals surface area (Å²) >= 11 is 0. The first-order valence-electron chi connectivity index (χ1n) is 9.96. The number of fused-ring (bicyclic) bond motifs is 2. The molecule has 1 spiro atoms. The van der Waals surface area contributed by atoms with Crippen LogP contribution in [0.2, 0.25) is 0 Å². The second kappa shape index (κ2) is 7.06. The predicted molar refractivity (Wildman–Crippen MR) is 116 cm³/mol. The quantitative estimate of drug-likeness (QED) is 0.613. The topological polar surface area (TPSA) is 76.0 Å². The maximum absolute atomic E-state index is 13.6. The van der Waals surface area contributed by atoms with Crippen LogP contribution in [0.15, 0.2) is 94.9 Å². The van der Waals surface area contributed by atoms with Gasteiger partial charge in [0.05, 0.1) is 10.1 Å². The van der Waals surface area contributed by atoms with E-state index in [1.54, 1.807) is 36.4 Å². The Balaban J connectivity index is 1.73. The number of benzene rings is 3. The summed E-state index contributed by atoms with van der Waals surface area (Å²) in [7, 11) is -3.70. The van der Waals surface area contributed by atoms with Crippen LogP contribution >= 0.6 is 0 Å². The highest BCUT2D eigenvalue weighted by Gasteiger charge is 2.57. The highest BCUT2D eigenvalue weighted by Crippen LogP contribution is 2.52. The molecule has 1 amide bonds. The maximum atomic E-state index is 13.6. The molecule has 0 saturated carbocycles. The lowest BCUT2D eigenvalue weighted by atomic mass is 9.93. The Morgan fingerprint density at radius 1 is 0.968 bits per heavy atom. The van der Waals surface area contributed by atoms with Crippen molar-refractivity contribution in [3.8, 4) is 0 Å². The minimum atomic E-state index is -3.70. The third-order valence-corrected chi connectivity index (χ3v) is 7.90. The number of rotatable bonds is 2. The Kier molecular flexibility index (Phi) is 4.44. The lowest BCUT2D eigenvalue weighted by molar-refractivity contribution is -0.151. The zero-order valence-corrected chi connectivity index (χ0v) is 17.6. The van der Waals surface area contributed by atoms with E-state index in [0.29, 0.717) is 16.7 Å². The average Bonchev–Trinajstić information content (AvgIpc) is 3.19. The molecule has 6 nitrogen and oxygen atoms in total. The lowest BCUT2D eigenvalue weighted by Crippen LogP contribution is -2.49. The maximum Gasteiger partial charge on any atom is 0.243 e. The van der Waals surface area contributed by atoms with Crippen LogP contribution in [0.25, 0.3) is 0 Å². The van der Waals surface area contributed by atoms with Crippen molar-refractivity contribution in [2.45, 2.75) is 29.2 Å². The van der Waals surface area contributed by atoms with E-state index >= 15 is 0 Å². The van der Waals surface area contributed by atoms with E-state index in [9.17, 15) is 13.2 Å². The number of hydrazone groups is 1. The SMILES string of the molecule is CC(=O)N1N=C(c2ccccc2)O[C@]12C[C@H](c1ccccc1)S(=O)(=O)c1ccccc12. The first-order chi connectivity index (χ1) is 14.9. The molecule has 3 aromatic rings. The van der Waals surface area contributed by atoms with Crippen molar-refractivity contribution in [2.24, 2.45) is 5.10 Å². The van der Waals surface area contributed by atoms with Gasteiger partial charge in [0.2, 0.25) is 17.5 Å². The monoisotopic (exact) mass is 432 g/mol. The van der Waals surface area contributed by atoms with Gasteiger partial charge in [0.1, 0.15) is 0 Å². The number of carbonyl (C=O) groups is 1. The molecular formula is C24H20N2O4S. The minimum Gasteiger partial charge on any atom is -0.443 e. The van der Waals surface area contributed by atoms with Gasteiger partial charge in [-0.25, -0.2) is 8.42 Å². The summed E-state index contributed by atoms with van der Waals surface area (Å²) in [5, 5.41) is 4.90. The van der Waals surface area contributed by atoms with E-state index in [1.807, 2.05) is 48.5 Å². The molecule has 0 saturated heterocycles. The van der Waals surface area contributed by atoms with Crippen LogP contribution in [0.5, 0.6) is 0 Å². The van der Waals surface area contributed by atoms with Crippen LogP contribution in [0, 0.1) is 0 Å². The summed E-state index contributed by atoms with van der Waals surface area (Å²) in [5.41, 5.74) is 0.441. The van der Waals surface area contributed by atoms with Crippen LogP contribution in [-0.2, 0) is 25.1 Å². The molecular weight excluding hydrogens is 412 g/mol. The number of carbonyl (C=O) groups excluding carboxylic acids is 1. The van der Waals surface area contributed by atoms with E-state index in [0.717, 1.165) is 0 Å². The number of nitrogens with zero attached hydrogens (tertiary/aromatic N) is 2. The second-order valence-corrected chi connectivity index (χ2v) is 9.73. The molecule has 2 aliphatic rings. The second-order valence-electron chi connectivity index (χ2n) is 7.63. The van der Waals surface area contributed by atoms with Gasteiger partial charge >= 0.3 is 0 Å². The zero-order valence-electron chi connectivity index (χ0n) is 16.8. The molecule has 0 radical (unpaired) electrons. The summed E-state index contributed by atoms with van der Waals surface area (Å²) in [6, 6.07) is 25.0. The van der Waals surface area contributed by atoms with Gasteiger partial charge in [-0.2, -0.15) is 5.01 Å². The van der Waals surface area contributed by atoms with E-state index in [4.69, 9.17) is 4.74 Å². The number of amides is 1. The van der Waals surface area contributed by atoms with Gasteiger partial charge in [0, 0.05) is 24.5 Å². The minimum absolute atomic E-state index is 0.0375. The third-order valence-electron chi connectivity index (χ3n) is 5.74. The fourth-order valence-electron chi connectivity index (χ4n) is 4.34. The summed E-state index contributed by atoms with van der Waals surface area (Å²) in [4.78, 5) is 12.9. The van der Waals surface area contributed by atoms with E-state index in [2.05, 4.69) is 5.10 Å². The van der Waals surface area contributed by atoms with Crippen molar-refractivity contribution < 1.29 is 17.9 Å². The largest absolute Gasteiger partial charge is 0.443 e. The molecule has 0 bridgehead atoms. The number of hydrogen-bond donors (Lipinski definition) is 0. The van der Waals surface area contributed by atoms with Gasteiger partial charge in [0.25, 0.3) is 0 Å². The Bertz CT molecular complexity index is 1290. The molecule has 5 rings (SSSR count). The molecule has 0 N–H and O–H groups in total. The number of sulfone groups is 1. The van der Waals surface area contributed by atoms with Crippen molar-refractivity contribution in [3.05, 3.63) is 102 Å². The highest BCUT2D eigenvalue weighted by molar-refractivity contribution is 7.91. The fourth-order valence-corrected chi connectivity index (χ4v) is 6.41. The van der Waals surface area contributed by atoms with Crippen LogP contribution in [0.4, 0.5) is 0 Å². The van der Waals surface area contributed by atoms with Crippen molar-refractivity contribution in [1.82, 2.24) is 5.01 Å². The molecule has 3 aromatic carbocycles. The van der Waals surface area contributed by atoms with Gasteiger partial charge < -0.3 is 4.74 Å². The molecule has 7 heteroatoms. The molecule has 2 heterocycles. The normalized spacial score (nSPS) is 23.7. The Morgan fingerprint density at radius 3 is 2.26 bits per heavy atom. The van der Waals surface area contributed by atoms with Gasteiger partial charge in [-0.15, -0.1) is 5.10 Å². The molecule has 31 heavy (non-hydrogen) atoms. The van der Waals surface area contributed by atoms with Gasteiger partial charge in [-0.1, -0.05) is 66.7 Å². The van der Waals surface area contributed by atoms with Crippen LogP contribution < -0.4 is 0 Å². The molecule has 0 aliphatic carbocycles. The zero-order chi connectivity index (χ0) is 21.6. The standard InChI is InChI=1S/C24H20N2O4S/c1-17(27)26-24(30-23(25-26)19-12-6-3-7-13-19)16-22(18-10-4-2-5-11-18)31(28,29)21-15-9-8-14-20(21)24/h2-15,22H,16H2,1H3/t22-,24+/m1/s1. The molecule has 0 unspecified atom stereocenters. The van der Waals surface area contributed by atoms with Crippen molar-refractivity contribution in [3.63, 3.8) is 0 Å². The van der Waals surface area contributed by atoms with Crippen LogP contribution in [0.1, 0.15) is 35.3 Å². The molecule has 0 aromatic heterocycles. The van der Waals surface area contributed by atoms with Crippen molar-refractivity contribution >= 4 is 21.6 Å². The first kappa shape index (κ1) is 19.5. The van der Waals surface area contributed by atoms with Crippen LogP contribution in [-0.4, -0.2) is 25.2 Å². The van der Waals surface area contributed by atoms with E-state index in [1.165, 1.54) is 11.9 Å². The lowest BCUT2D eigenvalue weighted by Gasteiger charge is -2.41. The molecule has 0 fully saturated rings. The van der Waals surface area contributed by atoms with Crippen molar-refractivity contribution in [2.75, 3.05) is 0 Å². The molecule has 2 atom stereocenters. The molecule has 156 valence electrons. The smallest absolute Gasteiger partial charge is 0.243 e. The number of hydrogen-bond acceptors (Lipinski definition) is 5. The van der Waals surface area contributed by atoms with Crippen LogP contribution in [0.3, 0.4) is 0 Å². The summed E-state index contributed by atoms with van der Waals surface area (Å²) in [5.74, 6) is -0.0384. The fraction of sp³-hybridized carbons (Fsp3) is 0.167. The number of ether oxygens (including phenoxy) is 1. The van der Waals surface area contributed by atoms with E-state index < -0.39 is 20.8 Å².